The fourth-order valence-electron chi connectivity index (χ4n) is 11.6. The van der Waals surface area contributed by atoms with E-state index in [1.54, 1.807) is 0 Å². The number of anilines is 2. The Hall–Kier alpha value is -7.92. The van der Waals surface area contributed by atoms with Gasteiger partial charge in [-0.05, 0) is 111 Å². The lowest BCUT2D eigenvalue weighted by molar-refractivity contribution is -0.135. The lowest BCUT2D eigenvalue weighted by Crippen LogP contribution is -2.57. The summed E-state index contributed by atoms with van der Waals surface area (Å²) in [5, 5.41) is 26.3. The van der Waals surface area contributed by atoms with Crippen LogP contribution in [0, 0.1) is 0 Å². The second-order valence-corrected chi connectivity index (χ2v) is 20.7. The fraction of sp³-hybridized carbons (Fsp3) is 0.390. The summed E-state index contributed by atoms with van der Waals surface area (Å²) in [7, 11) is 0. The van der Waals surface area contributed by atoms with Crippen molar-refractivity contribution in [2.75, 3.05) is 77.0 Å². The van der Waals surface area contributed by atoms with E-state index in [1.165, 1.54) is 12.7 Å². The molecule has 4 aliphatic rings. The molecule has 80 heavy (non-hydrogen) atoms. The maximum Gasteiger partial charge on any atom is 0.300 e. The molecule has 4 aromatic carbocycles. The van der Waals surface area contributed by atoms with Crippen molar-refractivity contribution in [2.45, 2.75) is 81.8 Å². The zero-order valence-corrected chi connectivity index (χ0v) is 44.8. The Kier molecular flexibility index (Phi) is 16.9. The molecule has 4 aliphatic heterocycles. The third-order valence-corrected chi connectivity index (χ3v) is 15.5. The first-order valence-corrected chi connectivity index (χ1v) is 27.6. The number of Topliss-reactive ketones (excluding diaryl/α,β-unsaturated/α-hetero) is 1. The number of fused-ring (bicyclic) bond motifs is 2. The van der Waals surface area contributed by atoms with Crippen molar-refractivity contribution in [3.63, 3.8) is 0 Å². The number of carboxylic acid groups (broad SMARTS) is 1. The van der Waals surface area contributed by atoms with Gasteiger partial charge < -0.3 is 46.2 Å². The Bertz CT molecular complexity index is 3120. The fourth-order valence-corrected chi connectivity index (χ4v) is 11.6. The number of rotatable bonds is 16. The third-order valence-electron chi connectivity index (χ3n) is 15.5. The Labute approximate surface area is 463 Å². The average Bonchev–Trinajstić information content (AvgIpc) is 4.18. The topological polar surface area (TPSA) is 261 Å². The molecule has 4 unspecified atom stereocenters. The number of carbonyl (C=O) groups excluding carboxylic acids is 1. The first-order valence-electron chi connectivity index (χ1n) is 27.6. The van der Waals surface area contributed by atoms with Crippen LogP contribution in [0.2, 0.25) is 0 Å². The molecule has 7 N–H and O–H groups in total. The smallest absolute Gasteiger partial charge is 0.300 e. The summed E-state index contributed by atoms with van der Waals surface area (Å²) >= 11 is 0. The number of carbonyl (C=O) groups is 2. The molecule has 0 radical (unpaired) electrons. The van der Waals surface area contributed by atoms with E-state index >= 15 is 4.79 Å². The van der Waals surface area contributed by atoms with E-state index in [2.05, 4.69) is 30.4 Å². The number of para-hydroxylation sites is 2. The van der Waals surface area contributed by atoms with Gasteiger partial charge >= 0.3 is 0 Å². The zero-order chi connectivity index (χ0) is 55.0. The van der Waals surface area contributed by atoms with Crippen LogP contribution < -0.4 is 31.6 Å². The maximum atomic E-state index is 15.7. The highest BCUT2D eigenvalue weighted by atomic mass is 16.5. The molecular weight excluding hydrogens is 1020 g/mol. The van der Waals surface area contributed by atoms with Crippen LogP contribution in [0.15, 0.2) is 122 Å². The number of aliphatic carboxylic acids is 1. The number of hydrogen-bond donors (Lipinski definition) is 5. The van der Waals surface area contributed by atoms with Crippen molar-refractivity contribution in [1.82, 2.24) is 59.9 Å². The van der Waals surface area contributed by atoms with Crippen molar-refractivity contribution in [2.24, 2.45) is 0 Å². The number of nitrogens with two attached hydrogens (primary N) is 2. The minimum Gasteiger partial charge on any atom is -0.481 e. The summed E-state index contributed by atoms with van der Waals surface area (Å²) in [4.78, 5) is 47.8. The number of likely N-dealkylation sites (tertiary alicyclic amines) is 2. The molecule has 21 nitrogen and oxygen atoms in total. The summed E-state index contributed by atoms with van der Waals surface area (Å²) in [6, 6.07) is 34.5. The van der Waals surface area contributed by atoms with Gasteiger partial charge in [-0.3, -0.25) is 19.4 Å². The molecule has 4 saturated heterocycles. The number of morpholine rings is 2. The molecule has 4 atom stereocenters. The zero-order valence-electron chi connectivity index (χ0n) is 44.8. The number of nitrogens with zero attached hydrogens (tertiary/aromatic N) is 10. The molecule has 8 heterocycles. The Morgan fingerprint density at radius 3 is 1.32 bits per heavy atom. The second kappa shape index (κ2) is 25.0. The van der Waals surface area contributed by atoms with Crippen LogP contribution in [0.25, 0.3) is 44.6 Å². The number of aromatic nitrogens is 8. The maximum absolute atomic E-state index is 15.7. The van der Waals surface area contributed by atoms with Gasteiger partial charge in [0.2, 0.25) is 0 Å². The van der Waals surface area contributed by atoms with E-state index in [9.17, 15) is 0 Å². The molecule has 416 valence electrons. The highest BCUT2D eigenvalue weighted by Gasteiger charge is 2.41. The summed E-state index contributed by atoms with van der Waals surface area (Å²) in [5.41, 5.74) is 17.8. The monoisotopic (exact) mass is 1080 g/mol. The number of ketones is 1. The molecule has 0 amide bonds. The average molecular weight is 1090 g/mol. The summed E-state index contributed by atoms with van der Waals surface area (Å²) < 4.78 is 28.9. The molecule has 0 saturated carbocycles. The summed E-state index contributed by atoms with van der Waals surface area (Å²) in [5.74, 6) is 3.11. The molecular formula is C59H68N14O7. The van der Waals surface area contributed by atoms with Crippen LogP contribution in [0.3, 0.4) is 0 Å². The van der Waals surface area contributed by atoms with Crippen LogP contribution in [-0.2, 0) is 19.1 Å². The first kappa shape index (κ1) is 54.1. The van der Waals surface area contributed by atoms with E-state index in [4.69, 9.17) is 60.5 Å². The van der Waals surface area contributed by atoms with Gasteiger partial charge in [-0.25, -0.2) is 29.3 Å². The summed E-state index contributed by atoms with van der Waals surface area (Å²) in [6.07, 6.45) is 7.09. The lowest BCUT2D eigenvalue weighted by Gasteiger charge is -2.43. The SMILES string of the molecule is CC(=O)O.Nc1ncnc2c1c(-c1ccc(Oc3ccccc3)cc1)nn2C1CCN(C(CC2CNCCO2)C(=O)C(CC2CNCCO2)N2CCC(n3nc(-c4ccc(Oc5ccccc5)cc4)c4c(N)ncnc43)CC2)CC1. The van der Waals surface area contributed by atoms with Crippen molar-refractivity contribution in [3.05, 3.63) is 122 Å². The predicted octanol–water partition coefficient (Wildman–Crippen LogP) is 7.18. The second-order valence-electron chi connectivity index (χ2n) is 20.7. The van der Waals surface area contributed by atoms with E-state index in [0.717, 1.165) is 102 Å². The van der Waals surface area contributed by atoms with E-state index in [0.29, 0.717) is 88.3 Å². The van der Waals surface area contributed by atoms with E-state index in [-0.39, 0.29) is 42.2 Å². The molecule has 21 heteroatoms. The highest BCUT2D eigenvalue weighted by Crippen LogP contribution is 2.39. The van der Waals surface area contributed by atoms with Crippen LogP contribution in [0.4, 0.5) is 11.6 Å². The van der Waals surface area contributed by atoms with Gasteiger partial charge in [0.15, 0.2) is 17.1 Å². The number of hydrogen-bond acceptors (Lipinski definition) is 18. The van der Waals surface area contributed by atoms with Crippen molar-refractivity contribution < 1.29 is 33.6 Å². The van der Waals surface area contributed by atoms with Gasteiger partial charge in [-0.2, -0.15) is 10.2 Å². The van der Waals surface area contributed by atoms with Gasteiger partial charge in [-0.15, -0.1) is 0 Å². The molecule has 12 rings (SSSR count). The number of benzene rings is 4. The molecule has 0 aliphatic carbocycles. The molecule has 4 fully saturated rings. The first-order chi connectivity index (χ1) is 39.1. The normalized spacial score (nSPS) is 19.5. The van der Waals surface area contributed by atoms with Crippen molar-refractivity contribution in [1.29, 1.82) is 0 Å². The van der Waals surface area contributed by atoms with Gasteiger partial charge in [0.05, 0.1) is 60.4 Å². The summed E-state index contributed by atoms with van der Waals surface area (Å²) in [6.45, 7) is 8.10. The van der Waals surface area contributed by atoms with Crippen LogP contribution in [0.5, 0.6) is 23.0 Å². The van der Waals surface area contributed by atoms with E-state index in [1.807, 2.05) is 119 Å². The van der Waals surface area contributed by atoms with Crippen molar-refractivity contribution in [3.8, 4) is 45.5 Å². The Morgan fingerprint density at radius 2 is 0.963 bits per heavy atom. The Balaban J connectivity index is 0.00000163. The van der Waals surface area contributed by atoms with Crippen molar-refractivity contribution >= 4 is 45.5 Å². The number of carboxylic acids is 1. The van der Waals surface area contributed by atoms with Crippen LogP contribution in [0.1, 0.15) is 57.5 Å². The minimum absolute atomic E-state index is 0.0231. The largest absolute Gasteiger partial charge is 0.481 e. The lowest BCUT2D eigenvalue weighted by atomic mass is 9.89. The molecule has 0 bridgehead atoms. The predicted molar refractivity (Wildman–Crippen MR) is 303 cm³/mol. The number of nitrogen functional groups attached to an aromatic ring is 2. The van der Waals surface area contributed by atoms with Gasteiger partial charge in [0.25, 0.3) is 5.97 Å². The standard InChI is InChI=1S/C57H64N14O5.C2H4O2/c58-54-49-51(37-11-15-43(16-12-37)75-41-7-3-1-4-8-41)66-70(56(49)64-35-62-54)39-19-25-68(26-20-39)47(31-45-33-60-23-29-73-45)53(72)48(32-46-34-61-24-30-74-46)69-27-21-40(22-28-69)71-57-50(55(59)63-36-65-57)52(67-71)38-13-17-44(18-14-38)76-42-9-5-2-6-10-42;1-2(3)4/h1-18,35-36,39-40,45-48,60-61H,19-34H2,(H2,58,62,64)(H2,59,63,65);1H3,(H,3,4). The van der Waals surface area contributed by atoms with Crippen LogP contribution in [-0.4, -0.2) is 156 Å². The van der Waals surface area contributed by atoms with Gasteiger partial charge in [0.1, 0.15) is 58.7 Å². The number of nitrogens with one attached hydrogen (secondary N) is 2. The molecule has 8 aromatic rings. The number of piperidine rings is 2. The molecule has 4 aromatic heterocycles. The van der Waals surface area contributed by atoms with Gasteiger partial charge in [-0.1, -0.05) is 36.4 Å². The van der Waals surface area contributed by atoms with Crippen LogP contribution >= 0.6 is 0 Å². The highest BCUT2D eigenvalue weighted by molar-refractivity contribution is 5.99. The number of ether oxygens (including phenoxy) is 4. The van der Waals surface area contributed by atoms with E-state index < -0.39 is 5.97 Å². The quantitative estimate of drug-likeness (QED) is 0.0642. The van der Waals surface area contributed by atoms with Gasteiger partial charge in [0, 0.05) is 70.4 Å². The Morgan fingerprint density at radius 1 is 0.588 bits per heavy atom. The third kappa shape index (κ3) is 12.4. The molecule has 0 spiro atoms. The minimum atomic E-state index is -0.833.